The summed E-state index contributed by atoms with van der Waals surface area (Å²) in [6.07, 6.45) is 2.29. The Morgan fingerprint density at radius 1 is 1.37 bits per heavy atom. The first-order valence-electron chi connectivity index (χ1n) is 6.06. The molecule has 3 nitrogen and oxygen atoms in total. The second kappa shape index (κ2) is 6.02. The lowest BCUT2D eigenvalue weighted by Crippen LogP contribution is -2.33. The number of carbonyl (C=O) groups is 1. The van der Waals surface area contributed by atoms with E-state index in [1.165, 1.54) is 17.8 Å². The fraction of sp³-hybridized carbons (Fsp3) is 0.583. The minimum absolute atomic E-state index is 0. The van der Waals surface area contributed by atoms with Gasteiger partial charge in [-0.2, -0.15) is 0 Å². The summed E-state index contributed by atoms with van der Waals surface area (Å²) in [4.78, 5) is 14.4. The number of rotatable bonds is 1. The van der Waals surface area contributed by atoms with E-state index in [1.807, 2.05) is 11.0 Å². The zero-order valence-corrected chi connectivity index (χ0v) is 14.9. The molecule has 3 unspecified atom stereocenters. The SMILES string of the molecule is Cl.NC1CCC2CN(C(=O)c3cc(Br)sc3Br)CC12. The van der Waals surface area contributed by atoms with Gasteiger partial charge in [0.25, 0.3) is 5.91 Å². The normalized spacial score (nSPS) is 29.2. The molecular weight excluding hydrogens is 415 g/mol. The molecule has 0 aromatic carbocycles. The van der Waals surface area contributed by atoms with Crippen LogP contribution in [0.25, 0.3) is 0 Å². The first kappa shape index (κ1) is 15.8. The third kappa shape index (κ3) is 2.88. The number of halogens is 3. The predicted molar refractivity (Wildman–Crippen MR) is 87.1 cm³/mol. The number of hydrogen-bond acceptors (Lipinski definition) is 3. The quantitative estimate of drug-likeness (QED) is 0.741. The molecule has 3 atom stereocenters. The van der Waals surface area contributed by atoms with Crippen LogP contribution in [0.1, 0.15) is 23.2 Å². The lowest BCUT2D eigenvalue weighted by atomic mass is 9.98. The first-order chi connectivity index (χ1) is 8.56. The van der Waals surface area contributed by atoms with Crippen molar-refractivity contribution in [1.82, 2.24) is 4.90 Å². The van der Waals surface area contributed by atoms with Gasteiger partial charge in [-0.3, -0.25) is 4.79 Å². The molecule has 19 heavy (non-hydrogen) atoms. The summed E-state index contributed by atoms with van der Waals surface area (Å²) in [7, 11) is 0. The van der Waals surface area contributed by atoms with Crippen LogP contribution >= 0.6 is 55.6 Å². The maximum absolute atomic E-state index is 12.5. The summed E-state index contributed by atoms with van der Waals surface area (Å²) in [5.41, 5.74) is 6.87. The van der Waals surface area contributed by atoms with Crippen LogP contribution in [0.4, 0.5) is 0 Å². The highest BCUT2D eigenvalue weighted by atomic mass is 79.9. The fourth-order valence-electron chi connectivity index (χ4n) is 3.13. The second-order valence-electron chi connectivity index (χ2n) is 5.11. The molecule has 2 aliphatic rings. The monoisotopic (exact) mass is 428 g/mol. The van der Waals surface area contributed by atoms with Crippen LogP contribution in [0.3, 0.4) is 0 Å². The Kier molecular flexibility index (Phi) is 4.99. The molecule has 0 radical (unpaired) electrons. The van der Waals surface area contributed by atoms with E-state index in [2.05, 4.69) is 31.9 Å². The molecule has 0 bridgehead atoms. The van der Waals surface area contributed by atoms with Crippen LogP contribution in [0.5, 0.6) is 0 Å². The molecular formula is C12H15Br2ClN2OS. The first-order valence-corrected chi connectivity index (χ1v) is 8.46. The minimum atomic E-state index is 0. The molecule has 1 amide bonds. The fourth-order valence-corrected chi connectivity index (χ4v) is 5.91. The van der Waals surface area contributed by atoms with Crippen molar-refractivity contribution in [2.75, 3.05) is 13.1 Å². The van der Waals surface area contributed by atoms with E-state index in [-0.39, 0.29) is 24.4 Å². The number of nitrogens with zero attached hydrogens (tertiary/aromatic N) is 1. The number of thiophene rings is 1. The van der Waals surface area contributed by atoms with Crippen molar-refractivity contribution >= 4 is 61.5 Å². The van der Waals surface area contributed by atoms with Crippen molar-refractivity contribution in [2.45, 2.75) is 18.9 Å². The Hall–Kier alpha value is 0.380. The van der Waals surface area contributed by atoms with Crippen LogP contribution < -0.4 is 5.73 Å². The van der Waals surface area contributed by atoms with E-state index in [4.69, 9.17) is 5.73 Å². The molecule has 2 heterocycles. The van der Waals surface area contributed by atoms with Gasteiger partial charge in [0.1, 0.15) is 0 Å². The number of carbonyl (C=O) groups excluding carboxylic acids is 1. The number of hydrogen-bond donors (Lipinski definition) is 1. The van der Waals surface area contributed by atoms with Gasteiger partial charge in [-0.15, -0.1) is 23.7 Å². The third-order valence-corrected chi connectivity index (χ3v) is 6.43. The maximum atomic E-state index is 12.5. The van der Waals surface area contributed by atoms with E-state index in [1.54, 1.807) is 0 Å². The van der Waals surface area contributed by atoms with Crippen molar-refractivity contribution in [3.8, 4) is 0 Å². The number of amides is 1. The van der Waals surface area contributed by atoms with E-state index in [0.717, 1.165) is 32.6 Å². The second-order valence-corrected chi connectivity index (χ2v) is 8.86. The van der Waals surface area contributed by atoms with Crippen LogP contribution in [-0.4, -0.2) is 29.9 Å². The van der Waals surface area contributed by atoms with Gasteiger partial charge in [0, 0.05) is 19.1 Å². The lowest BCUT2D eigenvalue weighted by Gasteiger charge is -2.18. The van der Waals surface area contributed by atoms with E-state index >= 15 is 0 Å². The molecule has 1 aliphatic heterocycles. The Labute approximate surface area is 139 Å². The highest BCUT2D eigenvalue weighted by Crippen LogP contribution is 2.39. The van der Waals surface area contributed by atoms with Gasteiger partial charge < -0.3 is 10.6 Å². The van der Waals surface area contributed by atoms with Gasteiger partial charge in [0.2, 0.25) is 0 Å². The molecule has 1 aliphatic carbocycles. The molecule has 1 aromatic rings. The Morgan fingerprint density at radius 3 is 2.68 bits per heavy atom. The van der Waals surface area contributed by atoms with Gasteiger partial charge in [0.15, 0.2) is 0 Å². The molecule has 2 fully saturated rings. The van der Waals surface area contributed by atoms with Crippen molar-refractivity contribution in [1.29, 1.82) is 0 Å². The molecule has 7 heteroatoms. The Morgan fingerprint density at radius 2 is 2.11 bits per heavy atom. The number of nitrogens with two attached hydrogens (primary N) is 1. The lowest BCUT2D eigenvalue weighted by molar-refractivity contribution is 0.0779. The maximum Gasteiger partial charge on any atom is 0.255 e. The highest BCUT2D eigenvalue weighted by Gasteiger charge is 2.42. The smallest absolute Gasteiger partial charge is 0.255 e. The molecule has 1 saturated carbocycles. The van der Waals surface area contributed by atoms with E-state index < -0.39 is 0 Å². The summed E-state index contributed by atoms with van der Waals surface area (Å²) in [6.45, 7) is 1.70. The zero-order valence-electron chi connectivity index (χ0n) is 10.1. The van der Waals surface area contributed by atoms with E-state index in [0.29, 0.717) is 11.8 Å². The van der Waals surface area contributed by atoms with Crippen molar-refractivity contribution in [3.05, 3.63) is 19.2 Å². The van der Waals surface area contributed by atoms with Crippen molar-refractivity contribution in [2.24, 2.45) is 17.6 Å². The van der Waals surface area contributed by atoms with Gasteiger partial charge in [-0.25, -0.2) is 0 Å². The van der Waals surface area contributed by atoms with Gasteiger partial charge in [0.05, 0.1) is 13.1 Å². The number of fused-ring (bicyclic) bond motifs is 1. The molecule has 1 aromatic heterocycles. The Balaban J connectivity index is 0.00000133. The van der Waals surface area contributed by atoms with Gasteiger partial charge >= 0.3 is 0 Å². The van der Waals surface area contributed by atoms with Crippen molar-refractivity contribution in [3.63, 3.8) is 0 Å². The van der Waals surface area contributed by atoms with Gasteiger partial charge in [-0.05, 0) is 62.6 Å². The molecule has 1 saturated heterocycles. The van der Waals surface area contributed by atoms with Crippen LogP contribution in [0, 0.1) is 11.8 Å². The summed E-state index contributed by atoms with van der Waals surface area (Å²) in [5.74, 6) is 1.25. The summed E-state index contributed by atoms with van der Waals surface area (Å²) < 4.78 is 1.88. The number of likely N-dealkylation sites (tertiary alicyclic amines) is 1. The predicted octanol–water partition coefficient (Wildman–Crippen LogP) is 3.50. The van der Waals surface area contributed by atoms with Crippen LogP contribution in [-0.2, 0) is 0 Å². The van der Waals surface area contributed by atoms with E-state index in [9.17, 15) is 4.79 Å². The molecule has 2 N–H and O–H groups in total. The standard InChI is InChI=1S/C12H14Br2N2OS.ClH/c13-10-3-7(11(14)18-10)12(17)16-4-6-1-2-9(15)8(6)5-16;/h3,6,8-9H,1-2,4-5,15H2;1H. The molecule has 3 rings (SSSR count). The Bertz CT molecular complexity index is 496. The van der Waals surface area contributed by atoms with Crippen molar-refractivity contribution < 1.29 is 4.79 Å². The topological polar surface area (TPSA) is 46.3 Å². The molecule has 106 valence electrons. The summed E-state index contributed by atoms with van der Waals surface area (Å²) in [5, 5.41) is 0. The van der Waals surface area contributed by atoms with Gasteiger partial charge in [-0.1, -0.05) is 0 Å². The summed E-state index contributed by atoms with van der Waals surface area (Å²) in [6, 6.07) is 2.18. The minimum Gasteiger partial charge on any atom is -0.338 e. The largest absolute Gasteiger partial charge is 0.338 e. The van der Waals surface area contributed by atoms with Crippen LogP contribution in [0.15, 0.2) is 13.6 Å². The third-order valence-electron chi connectivity index (χ3n) is 4.09. The highest BCUT2D eigenvalue weighted by molar-refractivity contribution is 9.12. The average Bonchev–Trinajstić information content (AvgIpc) is 2.96. The van der Waals surface area contributed by atoms with Crippen LogP contribution in [0.2, 0.25) is 0 Å². The summed E-state index contributed by atoms with van der Waals surface area (Å²) >= 11 is 8.41. The zero-order chi connectivity index (χ0) is 12.9. The molecule has 0 spiro atoms. The average molecular weight is 431 g/mol.